The summed E-state index contributed by atoms with van der Waals surface area (Å²) >= 11 is 3.47. The van der Waals surface area contributed by atoms with Gasteiger partial charge in [0.05, 0.1) is 17.9 Å². The molecule has 3 rings (SSSR count). The molecule has 4 heteroatoms. The Hall–Kier alpha value is -1.13. The summed E-state index contributed by atoms with van der Waals surface area (Å²) in [4.78, 5) is 4.64. The van der Waals surface area contributed by atoms with Crippen LogP contribution in [0.1, 0.15) is 11.5 Å². The van der Waals surface area contributed by atoms with Crippen molar-refractivity contribution in [2.45, 2.75) is 20.0 Å². The fourth-order valence-electron chi connectivity index (χ4n) is 2.37. The number of rotatable bonds is 1. The molecule has 88 valence electrons. The fraction of sp³-hybridized carbons (Fsp3) is 0.308. The van der Waals surface area contributed by atoms with E-state index < -0.39 is 0 Å². The van der Waals surface area contributed by atoms with E-state index in [0.717, 1.165) is 35.6 Å². The predicted octanol–water partition coefficient (Wildman–Crippen LogP) is 2.72. The van der Waals surface area contributed by atoms with Crippen LogP contribution in [0.25, 0.3) is 11.3 Å². The van der Waals surface area contributed by atoms with Crippen LogP contribution >= 0.6 is 15.9 Å². The van der Waals surface area contributed by atoms with Crippen LogP contribution in [0.2, 0.25) is 0 Å². The summed E-state index contributed by atoms with van der Waals surface area (Å²) in [7, 11) is 0. The molecule has 0 unspecified atom stereocenters. The molecule has 2 heterocycles. The lowest BCUT2D eigenvalue weighted by atomic mass is 10.1. The third-order valence-corrected chi connectivity index (χ3v) is 3.66. The molecule has 0 atom stereocenters. The van der Waals surface area contributed by atoms with E-state index in [0.29, 0.717) is 0 Å². The van der Waals surface area contributed by atoms with E-state index in [4.69, 9.17) is 0 Å². The minimum Gasteiger partial charge on any atom is -0.325 e. The van der Waals surface area contributed by atoms with Gasteiger partial charge in [0.25, 0.3) is 0 Å². The first-order chi connectivity index (χ1) is 8.25. The zero-order chi connectivity index (χ0) is 11.8. The van der Waals surface area contributed by atoms with Crippen LogP contribution in [0.4, 0.5) is 0 Å². The van der Waals surface area contributed by atoms with Gasteiger partial charge in [0, 0.05) is 23.1 Å². The topological polar surface area (TPSA) is 29.9 Å². The second-order valence-corrected chi connectivity index (χ2v) is 5.21. The molecule has 1 aliphatic rings. The van der Waals surface area contributed by atoms with Gasteiger partial charge in [-0.1, -0.05) is 28.1 Å². The van der Waals surface area contributed by atoms with Gasteiger partial charge in [0.1, 0.15) is 5.82 Å². The Kier molecular flexibility index (Phi) is 2.76. The highest BCUT2D eigenvalue weighted by Gasteiger charge is 2.17. The number of aryl methyl sites for hydroxylation is 1. The van der Waals surface area contributed by atoms with Gasteiger partial charge in [-0.2, -0.15) is 0 Å². The third kappa shape index (κ3) is 1.91. The highest BCUT2D eigenvalue weighted by molar-refractivity contribution is 9.10. The van der Waals surface area contributed by atoms with E-state index in [-0.39, 0.29) is 0 Å². The quantitative estimate of drug-likeness (QED) is 0.876. The van der Waals surface area contributed by atoms with Crippen molar-refractivity contribution in [3.05, 3.63) is 40.3 Å². The van der Waals surface area contributed by atoms with Crippen LogP contribution in [0.3, 0.4) is 0 Å². The number of halogens is 1. The second kappa shape index (κ2) is 4.27. The fourth-order valence-corrected chi connectivity index (χ4v) is 2.63. The lowest BCUT2D eigenvalue weighted by Crippen LogP contribution is -2.28. The van der Waals surface area contributed by atoms with Crippen molar-refractivity contribution in [2.24, 2.45) is 0 Å². The molecule has 0 spiro atoms. The average molecular weight is 292 g/mol. The van der Waals surface area contributed by atoms with Gasteiger partial charge in [0.2, 0.25) is 0 Å². The molecule has 0 saturated heterocycles. The summed E-state index contributed by atoms with van der Waals surface area (Å²) in [5.41, 5.74) is 3.62. The van der Waals surface area contributed by atoms with Crippen LogP contribution < -0.4 is 5.32 Å². The Balaban J connectivity index is 2.13. The Morgan fingerprint density at radius 3 is 2.82 bits per heavy atom. The molecule has 1 aliphatic heterocycles. The molecule has 0 fully saturated rings. The SMILES string of the molecule is Cc1nc2n(c1-c1ccc(Br)cc1)CCNC2. The lowest BCUT2D eigenvalue weighted by Gasteiger charge is -2.17. The van der Waals surface area contributed by atoms with Crippen molar-refractivity contribution in [1.82, 2.24) is 14.9 Å². The zero-order valence-electron chi connectivity index (χ0n) is 9.70. The molecule has 0 saturated carbocycles. The van der Waals surface area contributed by atoms with Crippen molar-refractivity contribution in [3.63, 3.8) is 0 Å². The molecule has 1 aromatic heterocycles. The number of fused-ring (bicyclic) bond motifs is 1. The smallest absolute Gasteiger partial charge is 0.123 e. The van der Waals surface area contributed by atoms with E-state index in [9.17, 15) is 0 Å². The van der Waals surface area contributed by atoms with Crippen LogP contribution in [0, 0.1) is 6.92 Å². The zero-order valence-corrected chi connectivity index (χ0v) is 11.3. The maximum Gasteiger partial charge on any atom is 0.123 e. The average Bonchev–Trinajstić information content (AvgIpc) is 2.66. The lowest BCUT2D eigenvalue weighted by molar-refractivity contribution is 0.508. The van der Waals surface area contributed by atoms with Gasteiger partial charge in [-0.3, -0.25) is 0 Å². The molecular weight excluding hydrogens is 278 g/mol. The van der Waals surface area contributed by atoms with Gasteiger partial charge in [0.15, 0.2) is 0 Å². The van der Waals surface area contributed by atoms with Crippen LogP contribution in [0.5, 0.6) is 0 Å². The Labute approximate surface area is 109 Å². The Morgan fingerprint density at radius 2 is 2.06 bits per heavy atom. The molecule has 3 nitrogen and oxygen atoms in total. The first-order valence-electron chi connectivity index (χ1n) is 5.78. The normalized spacial score (nSPS) is 14.7. The molecular formula is C13H14BrN3. The molecule has 1 aromatic carbocycles. The summed E-state index contributed by atoms with van der Waals surface area (Å²) < 4.78 is 3.44. The summed E-state index contributed by atoms with van der Waals surface area (Å²) in [6.07, 6.45) is 0. The molecule has 17 heavy (non-hydrogen) atoms. The Morgan fingerprint density at radius 1 is 1.29 bits per heavy atom. The van der Waals surface area contributed by atoms with Crippen LogP contribution in [0.15, 0.2) is 28.7 Å². The predicted molar refractivity (Wildman–Crippen MR) is 71.8 cm³/mol. The summed E-state index contributed by atoms with van der Waals surface area (Å²) in [5, 5.41) is 3.35. The maximum absolute atomic E-state index is 4.64. The molecule has 0 bridgehead atoms. The van der Waals surface area contributed by atoms with Crippen molar-refractivity contribution in [1.29, 1.82) is 0 Å². The number of aromatic nitrogens is 2. The monoisotopic (exact) mass is 291 g/mol. The molecule has 0 radical (unpaired) electrons. The molecule has 0 aliphatic carbocycles. The standard InChI is InChI=1S/C13H14BrN3/c1-9-13(10-2-4-11(14)5-3-10)17-7-6-15-8-12(17)16-9/h2-5,15H,6-8H2,1H3. The second-order valence-electron chi connectivity index (χ2n) is 4.30. The van der Waals surface area contributed by atoms with Crippen LogP contribution in [-0.4, -0.2) is 16.1 Å². The van der Waals surface area contributed by atoms with Crippen LogP contribution in [-0.2, 0) is 13.1 Å². The van der Waals surface area contributed by atoms with Gasteiger partial charge in [-0.25, -0.2) is 4.98 Å². The number of benzene rings is 1. The van der Waals surface area contributed by atoms with Gasteiger partial charge in [-0.05, 0) is 19.1 Å². The largest absolute Gasteiger partial charge is 0.325 e. The minimum atomic E-state index is 0.872. The summed E-state index contributed by atoms with van der Waals surface area (Å²) in [6.45, 7) is 4.98. The number of imidazole rings is 1. The minimum absolute atomic E-state index is 0.872. The highest BCUT2D eigenvalue weighted by atomic mass is 79.9. The molecule has 0 amide bonds. The first-order valence-corrected chi connectivity index (χ1v) is 6.57. The van der Waals surface area contributed by atoms with Gasteiger partial charge < -0.3 is 9.88 Å². The number of nitrogens with zero attached hydrogens (tertiary/aromatic N) is 2. The van der Waals surface area contributed by atoms with Crippen molar-refractivity contribution < 1.29 is 0 Å². The van der Waals surface area contributed by atoms with E-state index in [2.05, 4.69) is 62.0 Å². The van der Waals surface area contributed by atoms with Crippen molar-refractivity contribution in [3.8, 4) is 11.3 Å². The van der Waals surface area contributed by atoms with Gasteiger partial charge in [-0.15, -0.1) is 0 Å². The van der Waals surface area contributed by atoms with E-state index in [1.54, 1.807) is 0 Å². The Bertz CT molecular complexity index is 543. The van der Waals surface area contributed by atoms with E-state index in [1.807, 2.05) is 0 Å². The number of hydrogen-bond donors (Lipinski definition) is 1. The third-order valence-electron chi connectivity index (χ3n) is 3.13. The summed E-state index contributed by atoms with van der Waals surface area (Å²) in [6, 6.07) is 8.44. The maximum atomic E-state index is 4.64. The number of nitrogens with one attached hydrogen (secondary N) is 1. The number of hydrogen-bond acceptors (Lipinski definition) is 2. The molecule has 1 N–H and O–H groups in total. The summed E-state index contributed by atoms with van der Waals surface area (Å²) in [5.74, 6) is 1.15. The molecule has 2 aromatic rings. The van der Waals surface area contributed by atoms with E-state index >= 15 is 0 Å². The first kappa shape index (κ1) is 11.0. The van der Waals surface area contributed by atoms with E-state index in [1.165, 1.54) is 11.3 Å². The van der Waals surface area contributed by atoms with Gasteiger partial charge >= 0.3 is 0 Å². The van der Waals surface area contributed by atoms with Crippen molar-refractivity contribution >= 4 is 15.9 Å². The highest BCUT2D eigenvalue weighted by Crippen LogP contribution is 2.27. The van der Waals surface area contributed by atoms with Crippen molar-refractivity contribution in [2.75, 3.05) is 6.54 Å².